The van der Waals surface area contributed by atoms with E-state index in [9.17, 15) is 4.79 Å². The first-order valence-electron chi connectivity index (χ1n) is 6.04. The van der Waals surface area contributed by atoms with Gasteiger partial charge in [-0.3, -0.25) is 9.78 Å². The van der Waals surface area contributed by atoms with E-state index in [1.807, 2.05) is 6.07 Å². The number of nitrogens with zero attached hydrogens (tertiary/aromatic N) is 1. The molecule has 1 atom stereocenters. The minimum atomic E-state index is -0.117. The lowest BCUT2D eigenvalue weighted by Crippen LogP contribution is -2.38. The van der Waals surface area contributed by atoms with Crippen molar-refractivity contribution in [2.45, 2.75) is 39.8 Å². The van der Waals surface area contributed by atoms with Crippen molar-refractivity contribution in [1.82, 2.24) is 10.3 Å². The first-order valence-corrected chi connectivity index (χ1v) is 6.04. The summed E-state index contributed by atoms with van der Waals surface area (Å²) in [5.41, 5.74) is 6.85. The Morgan fingerprint density at radius 3 is 2.59 bits per heavy atom. The third-order valence-corrected chi connectivity index (χ3v) is 2.85. The highest BCUT2D eigenvalue weighted by molar-refractivity contribution is 5.92. The fourth-order valence-electron chi connectivity index (χ4n) is 1.66. The molecule has 0 spiro atoms. The van der Waals surface area contributed by atoms with Crippen LogP contribution in [0.2, 0.25) is 0 Å². The molecule has 0 fully saturated rings. The SMILES string of the molecule is CCC(NC(=O)c1ccc(CN)cn1)C(C)C. The van der Waals surface area contributed by atoms with E-state index in [1.165, 1.54) is 0 Å². The highest BCUT2D eigenvalue weighted by Gasteiger charge is 2.15. The molecule has 0 aliphatic heterocycles. The van der Waals surface area contributed by atoms with Crippen LogP contribution in [0.3, 0.4) is 0 Å². The van der Waals surface area contributed by atoms with E-state index in [0.717, 1.165) is 12.0 Å². The predicted molar refractivity (Wildman–Crippen MR) is 68.5 cm³/mol. The Morgan fingerprint density at radius 2 is 2.18 bits per heavy atom. The molecule has 0 aliphatic carbocycles. The van der Waals surface area contributed by atoms with Crippen molar-refractivity contribution in [3.63, 3.8) is 0 Å². The van der Waals surface area contributed by atoms with Crippen LogP contribution in [0.1, 0.15) is 43.2 Å². The number of pyridine rings is 1. The molecule has 0 radical (unpaired) electrons. The van der Waals surface area contributed by atoms with Crippen LogP contribution in [0.5, 0.6) is 0 Å². The molecule has 0 aliphatic rings. The van der Waals surface area contributed by atoms with Gasteiger partial charge in [-0.05, 0) is 24.0 Å². The van der Waals surface area contributed by atoms with Crippen LogP contribution in [0.25, 0.3) is 0 Å². The molecule has 1 aromatic rings. The standard InChI is InChI=1S/C13H21N3O/c1-4-11(9(2)3)16-13(17)12-6-5-10(7-14)8-15-12/h5-6,8-9,11H,4,7,14H2,1-3H3,(H,16,17). The van der Waals surface area contributed by atoms with Crippen molar-refractivity contribution in [3.8, 4) is 0 Å². The van der Waals surface area contributed by atoms with Gasteiger partial charge in [0.25, 0.3) is 5.91 Å². The van der Waals surface area contributed by atoms with E-state index >= 15 is 0 Å². The fourth-order valence-corrected chi connectivity index (χ4v) is 1.66. The Kier molecular flexibility index (Phi) is 5.10. The molecule has 1 unspecified atom stereocenters. The summed E-state index contributed by atoms with van der Waals surface area (Å²) in [4.78, 5) is 16.0. The summed E-state index contributed by atoms with van der Waals surface area (Å²) in [7, 11) is 0. The number of amides is 1. The smallest absolute Gasteiger partial charge is 0.270 e. The molecule has 0 saturated carbocycles. The zero-order valence-electron chi connectivity index (χ0n) is 10.7. The summed E-state index contributed by atoms with van der Waals surface area (Å²) in [6.45, 7) is 6.70. The molecule has 1 aromatic heterocycles. The van der Waals surface area contributed by atoms with E-state index in [2.05, 4.69) is 31.1 Å². The van der Waals surface area contributed by atoms with Gasteiger partial charge in [0, 0.05) is 18.8 Å². The molecule has 4 nitrogen and oxygen atoms in total. The molecule has 1 rings (SSSR count). The number of aromatic nitrogens is 1. The Bertz CT molecular complexity index is 359. The van der Waals surface area contributed by atoms with E-state index in [0.29, 0.717) is 18.2 Å². The number of hydrogen-bond acceptors (Lipinski definition) is 3. The summed E-state index contributed by atoms with van der Waals surface area (Å²) >= 11 is 0. The van der Waals surface area contributed by atoms with Crippen molar-refractivity contribution >= 4 is 5.91 Å². The number of carbonyl (C=O) groups is 1. The maximum Gasteiger partial charge on any atom is 0.270 e. The quantitative estimate of drug-likeness (QED) is 0.816. The van der Waals surface area contributed by atoms with Crippen LogP contribution in [0.4, 0.5) is 0 Å². The molecule has 17 heavy (non-hydrogen) atoms. The molecule has 0 saturated heterocycles. The van der Waals surface area contributed by atoms with Gasteiger partial charge in [-0.2, -0.15) is 0 Å². The normalized spacial score (nSPS) is 12.5. The minimum Gasteiger partial charge on any atom is -0.348 e. The van der Waals surface area contributed by atoms with Gasteiger partial charge in [-0.15, -0.1) is 0 Å². The van der Waals surface area contributed by atoms with Crippen molar-refractivity contribution in [1.29, 1.82) is 0 Å². The number of nitrogens with one attached hydrogen (secondary N) is 1. The molecule has 0 aromatic carbocycles. The van der Waals surface area contributed by atoms with E-state index in [1.54, 1.807) is 12.3 Å². The highest BCUT2D eigenvalue weighted by Crippen LogP contribution is 2.07. The Labute approximate surface area is 103 Å². The minimum absolute atomic E-state index is 0.117. The third kappa shape index (κ3) is 3.82. The average molecular weight is 235 g/mol. The highest BCUT2D eigenvalue weighted by atomic mass is 16.1. The Balaban J connectivity index is 2.68. The Hall–Kier alpha value is -1.42. The zero-order valence-corrected chi connectivity index (χ0v) is 10.7. The first-order chi connectivity index (χ1) is 8.08. The Morgan fingerprint density at radius 1 is 1.47 bits per heavy atom. The van der Waals surface area contributed by atoms with E-state index in [-0.39, 0.29) is 11.9 Å². The van der Waals surface area contributed by atoms with Crippen LogP contribution in [-0.2, 0) is 6.54 Å². The lowest BCUT2D eigenvalue weighted by molar-refractivity contribution is 0.0919. The van der Waals surface area contributed by atoms with Crippen molar-refractivity contribution in [2.75, 3.05) is 0 Å². The van der Waals surface area contributed by atoms with Crippen LogP contribution >= 0.6 is 0 Å². The second kappa shape index (κ2) is 6.35. The van der Waals surface area contributed by atoms with Gasteiger partial charge in [0.15, 0.2) is 0 Å². The number of nitrogens with two attached hydrogens (primary N) is 1. The fraction of sp³-hybridized carbons (Fsp3) is 0.538. The van der Waals surface area contributed by atoms with Crippen LogP contribution < -0.4 is 11.1 Å². The lowest BCUT2D eigenvalue weighted by atomic mass is 10.0. The largest absolute Gasteiger partial charge is 0.348 e. The molecule has 0 bridgehead atoms. The van der Waals surface area contributed by atoms with Gasteiger partial charge in [-0.1, -0.05) is 26.8 Å². The summed E-state index contributed by atoms with van der Waals surface area (Å²) < 4.78 is 0. The van der Waals surface area contributed by atoms with Gasteiger partial charge in [0.2, 0.25) is 0 Å². The lowest BCUT2D eigenvalue weighted by Gasteiger charge is -2.20. The van der Waals surface area contributed by atoms with Crippen molar-refractivity contribution in [3.05, 3.63) is 29.6 Å². The second-order valence-corrected chi connectivity index (χ2v) is 4.49. The van der Waals surface area contributed by atoms with E-state index in [4.69, 9.17) is 5.73 Å². The maximum atomic E-state index is 11.9. The van der Waals surface area contributed by atoms with E-state index < -0.39 is 0 Å². The monoisotopic (exact) mass is 235 g/mol. The maximum absolute atomic E-state index is 11.9. The van der Waals surface area contributed by atoms with Crippen LogP contribution in [0, 0.1) is 5.92 Å². The van der Waals surface area contributed by atoms with Gasteiger partial charge in [0.05, 0.1) is 0 Å². The van der Waals surface area contributed by atoms with Crippen molar-refractivity contribution < 1.29 is 4.79 Å². The third-order valence-electron chi connectivity index (χ3n) is 2.85. The molecule has 94 valence electrons. The zero-order chi connectivity index (χ0) is 12.8. The summed E-state index contributed by atoms with van der Waals surface area (Å²) in [6.07, 6.45) is 2.57. The van der Waals surface area contributed by atoms with Gasteiger partial charge >= 0.3 is 0 Å². The number of hydrogen-bond donors (Lipinski definition) is 2. The summed E-state index contributed by atoms with van der Waals surface area (Å²) in [6, 6.07) is 3.74. The molecular weight excluding hydrogens is 214 g/mol. The van der Waals surface area contributed by atoms with Gasteiger partial charge < -0.3 is 11.1 Å². The van der Waals surface area contributed by atoms with Crippen LogP contribution in [0.15, 0.2) is 18.3 Å². The summed E-state index contributed by atoms with van der Waals surface area (Å²) in [5, 5.41) is 2.99. The first kappa shape index (κ1) is 13.6. The number of rotatable bonds is 5. The average Bonchev–Trinajstić information content (AvgIpc) is 2.35. The van der Waals surface area contributed by atoms with Crippen molar-refractivity contribution in [2.24, 2.45) is 11.7 Å². The molecule has 1 heterocycles. The topological polar surface area (TPSA) is 68.0 Å². The van der Waals surface area contributed by atoms with Crippen LogP contribution in [-0.4, -0.2) is 16.9 Å². The predicted octanol–water partition coefficient (Wildman–Crippen LogP) is 1.70. The second-order valence-electron chi connectivity index (χ2n) is 4.49. The molecular formula is C13H21N3O. The molecule has 4 heteroatoms. The summed E-state index contributed by atoms with van der Waals surface area (Å²) in [5.74, 6) is 0.307. The number of carbonyl (C=O) groups excluding carboxylic acids is 1. The van der Waals surface area contributed by atoms with Gasteiger partial charge in [-0.25, -0.2) is 0 Å². The molecule has 1 amide bonds. The van der Waals surface area contributed by atoms with Gasteiger partial charge in [0.1, 0.15) is 5.69 Å². The molecule has 3 N–H and O–H groups in total.